The van der Waals surface area contributed by atoms with E-state index < -0.39 is 0 Å². The second-order valence-electron chi connectivity index (χ2n) is 7.27. The van der Waals surface area contributed by atoms with Gasteiger partial charge in [-0.25, -0.2) is 0 Å². The van der Waals surface area contributed by atoms with E-state index in [-0.39, 0.29) is 5.91 Å². The molecule has 1 saturated heterocycles. The lowest BCUT2D eigenvalue weighted by Crippen LogP contribution is -2.49. The number of nitrogens with zero attached hydrogens (tertiary/aromatic N) is 2. The van der Waals surface area contributed by atoms with Crippen LogP contribution in [0.2, 0.25) is 0 Å². The average Bonchev–Trinajstić information content (AvgIpc) is 2.81. The Morgan fingerprint density at radius 1 is 0.967 bits per heavy atom. The van der Waals surface area contributed by atoms with Crippen LogP contribution in [-0.2, 0) is 11.2 Å². The molecule has 0 spiro atoms. The molecule has 2 aromatic carbocycles. The first-order valence-electron chi connectivity index (χ1n) is 10.7. The molecule has 1 aliphatic rings. The maximum Gasteiger partial charge on any atom is 0.257 e. The highest BCUT2D eigenvalue weighted by atomic mass is 16.5. The summed E-state index contributed by atoms with van der Waals surface area (Å²) in [7, 11) is 1.68. The SMILES string of the molecule is CCOCCOc1ccccc1C(=O)N1CCN(CCc2ccc(OC)cc2)CC1. The maximum absolute atomic E-state index is 13.0. The zero-order valence-electron chi connectivity index (χ0n) is 18.0. The smallest absolute Gasteiger partial charge is 0.257 e. The van der Waals surface area contributed by atoms with Gasteiger partial charge in [-0.2, -0.15) is 0 Å². The standard InChI is InChI=1S/C24H32N2O4/c1-3-29-18-19-30-23-7-5-4-6-22(23)24(27)26-16-14-25(15-17-26)13-12-20-8-10-21(28-2)11-9-20/h4-11H,3,12-19H2,1-2H3. The number of hydrogen-bond donors (Lipinski definition) is 0. The van der Waals surface area contributed by atoms with Crippen molar-refractivity contribution in [2.75, 3.05) is 59.7 Å². The number of para-hydroxylation sites is 1. The minimum absolute atomic E-state index is 0.0387. The summed E-state index contributed by atoms with van der Waals surface area (Å²) in [5, 5.41) is 0. The second-order valence-corrected chi connectivity index (χ2v) is 7.27. The molecule has 0 atom stereocenters. The predicted molar refractivity (Wildman–Crippen MR) is 117 cm³/mol. The molecule has 0 aromatic heterocycles. The first kappa shape index (κ1) is 22.1. The van der Waals surface area contributed by atoms with Crippen molar-refractivity contribution in [2.45, 2.75) is 13.3 Å². The zero-order valence-corrected chi connectivity index (χ0v) is 18.0. The molecule has 1 amide bonds. The lowest BCUT2D eigenvalue weighted by molar-refractivity contribution is 0.0630. The molecule has 0 radical (unpaired) electrons. The Labute approximate surface area is 179 Å². The Morgan fingerprint density at radius 2 is 1.70 bits per heavy atom. The number of ether oxygens (including phenoxy) is 3. The van der Waals surface area contributed by atoms with E-state index in [9.17, 15) is 4.79 Å². The van der Waals surface area contributed by atoms with Gasteiger partial charge in [0, 0.05) is 39.3 Å². The summed E-state index contributed by atoms with van der Waals surface area (Å²) in [5.74, 6) is 1.55. The normalized spacial score (nSPS) is 14.5. The van der Waals surface area contributed by atoms with Gasteiger partial charge in [-0.3, -0.25) is 9.69 Å². The van der Waals surface area contributed by atoms with Crippen molar-refractivity contribution < 1.29 is 19.0 Å². The van der Waals surface area contributed by atoms with Gasteiger partial charge in [-0.15, -0.1) is 0 Å². The van der Waals surface area contributed by atoms with Gasteiger partial charge in [-0.05, 0) is 43.2 Å². The van der Waals surface area contributed by atoms with Crippen LogP contribution in [0.3, 0.4) is 0 Å². The summed E-state index contributed by atoms with van der Waals surface area (Å²) in [6.45, 7) is 7.80. The summed E-state index contributed by atoms with van der Waals surface area (Å²) >= 11 is 0. The molecule has 0 bridgehead atoms. The minimum Gasteiger partial charge on any atom is -0.497 e. The van der Waals surface area contributed by atoms with E-state index in [4.69, 9.17) is 14.2 Å². The molecule has 0 N–H and O–H groups in total. The van der Waals surface area contributed by atoms with Crippen molar-refractivity contribution in [1.82, 2.24) is 9.80 Å². The fourth-order valence-electron chi connectivity index (χ4n) is 3.55. The third-order valence-corrected chi connectivity index (χ3v) is 5.34. The number of carbonyl (C=O) groups excluding carboxylic acids is 1. The molecule has 6 nitrogen and oxygen atoms in total. The lowest BCUT2D eigenvalue weighted by atomic mass is 10.1. The van der Waals surface area contributed by atoms with Gasteiger partial charge < -0.3 is 19.1 Å². The highest BCUT2D eigenvalue weighted by Crippen LogP contribution is 2.21. The van der Waals surface area contributed by atoms with E-state index in [2.05, 4.69) is 17.0 Å². The zero-order chi connectivity index (χ0) is 21.2. The number of benzene rings is 2. The molecule has 162 valence electrons. The first-order chi connectivity index (χ1) is 14.7. The summed E-state index contributed by atoms with van der Waals surface area (Å²) in [6.07, 6.45) is 0.994. The van der Waals surface area contributed by atoms with Crippen molar-refractivity contribution in [1.29, 1.82) is 0 Å². The van der Waals surface area contributed by atoms with Gasteiger partial charge in [0.15, 0.2) is 0 Å². The van der Waals surface area contributed by atoms with Gasteiger partial charge in [0.2, 0.25) is 0 Å². The fourth-order valence-corrected chi connectivity index (χ4v) is 3.55. The summed E-state index contributed by atoms with van der Waals surface area (Å²) < 4.78 is 16.3. The third kappa shape index (κ3) is 6.21. The number of methoxy groups -OCH3 is 1. The molecule has 1 fully saturated rings. The van der Waals surface area contributed by atoms with Gasteiger partial charge >= 0.3 is 0 Å². The Kier molecular flexibility index (Phi) is 8.53. The largest absolute Gasteiger partial charge is 0.497 e. The third-order valence-electron chi connectivity index (χ3n) is 5.34. The Bertz CT molecular complexity index is 786. The monoisotopic (exact) mass is 412 g/mol. The molecule has 0 unspecified atom stereocenters. The molecule has 0 saturated carbocycles. The predicted octanol–water partition coefficient (Wildman–Crippen LogP) is 3.11. The molecule has 0 aliphatic carbocycles. The molecule has 2 aromatic rings. The van der Waals surface area contributed by atoms with Gasteiger partial charge in [0.25, 0.3) is 5.91 Å². The van der Waals surface area contributed by atoms with Crippen molar-refractivity contribution in [3.63, 3.8) is 0 Å². The lowest BCUT2D eigenvalue weighted by Gasteiger charge is -2.35. The first-order valence-corrected chi connectivity index (χ1v) is 10.7. The van der Waals surface area contributed by atoms with E-state index in [1.807, 2.05) is 48.2 Å². The van der Waals surface area contributed by atoms with Crippen LogP contribution in [0.5, 0.6) is 11.5 Å². The number of piperazine rings is 1. The van der Waals surface area contributed by atoms with Crippen LogP contribution in [-0.4, -0.2) is 75.4 Å². The number of rotatable bonds is 10. The number of carbonyl (C=O) groups is 1. The van der Waals surface area contributed by atoms with Crippen molar-refractivity contribution in [3.8, 4) is 11.5 Å². The molecule has 1 heterocycles. The van der Waals surface area contributed by atoms with E-state index >= 15 is 0 Å². The van der Waals surface area contributed by atoms with E-state index in [0.717, 1.165) is 44.9 Å². The van der Waals surface area contributed by atoms with Gasteiger partial charge in [-0.1, -0.05) is 24.3 Å². The topological polar surface area (TPSA) is 51.2 Å². The number of amides is 1. The molecule has 1 aliphatic heterocycles. The molecule has 6 heteroatoms. The van der Waals surface area contributed by atoms with Crippen LogP contribution < -0.4 is 9.47 Å². The maximum atomic E-state index is 13.0. The van der Waals surface area contributed by atoms with E-state index in [1.54, 1.807) is 7.11 Å². The van der Waals surface area contributed by atoms with Gasteiger partial charge in [0.1, 0.15) is 18.1 Å². The minimum atomic E-state index is 0.0387. The molecule has 3 rings (SSSR count). The van der Waals surface area contributed by atoms with Crippen LogP contribution in [0, 0.1) is 0 Å². The van der Waals surface area contributed by atoms with Crippen molar-refractivity contribution in [2.24, 2.45) is 0 Å². The quantitative estimate of drug-likeness (QED) is 0.561. The molecular formula is C24H32N2O4. The van der Waals surface area contributed by atoms with Crippen LogP contribution in [0.15, 0.2) is 48.5 Å². The van der Waals surface area contributed by atoms with Crippen LogP contribution in [0.25, 0.3) is 0 Å². The van der Waals surface area contributed by atoms with E-state index in [1.165, 1.54) is 5.56 Å². The Hall–Kier alpha value is -2.57. The van der Waals surface area contributed by atoms with Crippen molar-refractivity contribution in [3.05, 3.63) is 59.7 Å². The fraction of sp³-hybridized carbons (Fsp3) is 0.458. The summed E-state index contributed by atoms with van der Waals surface area (Å²) in [5.41, 5.74) is 1.92. The Balaban J connectivity index is 1.48. The average molecular weight is 413 g/mol. The van der Waals surface area contributed by atoms with Crippen LogP contribution >= 0.6 is 0 Å². The highest BCUT2D eigenvalue weighted by Gasteiger charge is 2.24. The van der Waals surface area contributed by atoms with Crippen LogP contribution in [0.1, 0.15) is 22.8 Å². The van der Waals surface area contributed by atoms with E-state index in [0.29, 0.717) is 31.1 Å². The molecular weight excluding hydrogens is 380 g/mol. The highest BCUT2D eigenvalue weighted by molar-refractivity contribution is 5.97. The Morgan fingerprint density at radius 3 is 2.40 bits per heavy atom. The second kappa shape index (κ2) is 11.6. The van der Waals surface area contributed by atoms with Crippen LogP contribution in [0.4, 0.5) is 0 Å². The molecule has 30 heavy (non-hydrogen) atoms. The van der Waals surface area contributed by atoms with Crippen molar-refractivity contribution >= 4 is 5.91 Å². The van der Waals surface area contributed by atoms with Gasteiger partial charge in [0.05, 0.1) is 19.3 Å². The summed E-state index contributed by atoms with van der Waals surface area (Å²) in [4.78, 5) is 17.4. The summed E-state index contributed by atoms with van der Waals surface area (Å²) in [6, 6.07) is 15.7. The number of hydrogen-bond acceptors (Lipinski definition) is 5.